The van der Waals surface area contributed by atoms with Crippen LogP contribution in [0, 0.1) is 12.7 Å². The number of aryl methyl sites for hydroxylation is 1. The van der Waals surface area contributed by atoms with E-state index in [1.165, 1.54) is 37.5 Å². The molecule has 3 heterocycles. The second-order valence-corrected chi connectivity index (χ2v) is 6.61. The molecule has 4 aromatic rings. The van der Waals surface area contributed by atoms with Crippen molar-refractivity contribution in [1.82, 2.24) is 21.0 Å². The number of fused-ring (bicyclic) bond motifs is 1. The number of hydrazine groups is 1. The van der Waals surface area contributed by atoms with Gasteiger partial charge in [0.05, 0.1) is 22.9 Å². The second kappa shape index (κ2) is 8.27. The van der Waals surface area contributed by atoms with Gasteiger partial charge in [-0.3, -0.25) is 20.4 Å². The van der Waals surface area contributed by atoms with Crippen LogP contribution in [0.2, 0.25) is 0 Å². The highest BCUT2D eigenvalue weighted by atomic mass is 19.1. The highest BCUT2D eigenvalue weighted by Gasteiger charge is 2.22. The van der Waals surface area contributed by atoms with Crippen LogP contribution in [0.3, 0.4) is 0 Å². The lowest BCUT2D eigenvalue weighted by Gasteiger charge is -2.15. The topological polar surface area (TPSA) is 119 Å². The Labute approximate surface area is 175 Å². The molecule has 0 bridgehead atoms. The maximum Gasteiger partial charge on any atom is 0.279 e. The van der Waals surface area contributed by atoms with Gasteiger partial charge in [-0.25, -0.2) is 9.37 Å². The van der Waals surface area contributed by atoms with E-state index in [0.29, 0.717) is 22.5 Å². The molecule has 4 rings (SSSR count). The first-order chi connectivity index (χ1) is 14.9. The van der Waals surface area contributed by atoms with E-state index < -0.39 is 23.7 Å². The fourth-order valence-electron chi connectivity index (χ4n) is 2.90. The summed E-state index contributed by atoms with van der Waals surface area (Å²) in [5.74, 6) is -1.54. The zero-order valence-corrected chi connectivity index (χ0v) is 16.5. The minimum absolute atomic E-state index is 0.0736. The summed E-state index contributed by atoms with van der Waals surface area (Å²) in [6.07, 6.45) is 0.412. The van der Waals surface area contributed by atoms with Crippen molar-refractivity contribution in [3.8, 4) is 17.2 Å². The van der Waals surface area contributed by atoms with E-state index in [4.69, 9.17) is 13.7 Å². The zero-order valence-electron chi connectivity index (χ0n) is 16.5. The highest BCUT2D eigenvalue weighted by molar-refractivity contribution is 6.07. The number of carbonyl (C=O) groups is 2. The van der Waals surface area contributed by atoms with Crippen molar-refractivity contribution < 1.29 is 27.7 Å². The van der Waals surface area contributed by atoms with Crippen LogP contribution in [0.5, 0.6) is 5.75 Å². The quantitative estimate of drug-likeness (QED) is 0.472. The highest BCUT2D eigenvalue weighted by Crippen LogP contribution is 2.27. The van der Waals surface area contributed by atoms with Crippen LogP contribution in [0.1, 0.15) is 23.0 Å². The van der Waals surface area contributed by atoms with Crippen molar-refractivity contribution in [3.05, 3.63) is 65.8 Å². The number of halogens is 1. The summed E-state index contributed by atoms with van der Waals surface area (Å²) >= 11 is 0. The molecule has 0 fully saturated rings. The molecule has 31 heavy (non-hydrogen) atoms. The average Bonchev–Trinajstić information content (AvgIpc) is 3.43. The van der Waals surface area contributed by atoms with Crippen molar-refractivity contribution in [2.45, 2.75) is 20.0 Å². The molecule has 0 saturated heterocycles. The van der Waals surface area contributed by atoms with Gasteiger partial charge in [0.15, 0.2) is 23.4 Å². The van der Waals surface area contributed by atoms with Gasteiger partial charge >= 0.3 is 0 Å². The summed E-state index contributed by atoms with van der Waals surface area (Å²) in [6.45, 7) is 3.09. The number of benzene rings is 1. The molecule has 1 aromatic carbocycles. The lowest BCUT2D eigenvalue weighted by molar-refractivity contribution is -0.128. The molecule has 158 valence electrons. The molecule has 0 aliphatic rings. The van der Waals surface area contributed by atoms with Crippen molar-refractivity contribution in [2.24, 2.45) is 0 Å². The Balaban J connectivity index is 1.51. The second-order valence-electron chi connectivity index (χ2n) is 6.61. The number of aromatic nitrogens is 2. The number of carbonyl (C=O) groups excluding carboxylic acids is 2. The number of rotatable bonds is 5. The van der Waals surface area contributed by atoms with Crippen LogP contribution < -0.4 is 15.6 Å². The maximum absolute atomic E-state index is 13.7. The number of ether oxygens (including phenoxy) is 1. The Hall–Kier alpha value is -4.21. The molecule has 3 aromatic heterocycles. The minimum Gasteiger partial charge on any atom is -0.478 e. The van der Waals surface area contributed by atoms with Gasteiger partial charge in [0, 0.05) is 0 Å². The summed E-state index contributed by atoms with van der Waals surface area (Å²) in [6, 6.07) is 10.6. The Morgan fingerprint density at radius 1 is 1.16 bits per heavy atom. The van der Waals surface area contributed by atoms with Crippen LogP contribution in [0.15, 0.2) is 57.7 Å². The van der Waals surface area contributed by atoms with E-state index in [9.17, 15) is 14.0 Å². The molecule has 0 saturated carbocycles. The molecule has 2 N–H and O–H groups in total. The summed E-state index contributed by atoms with van der Waals surface area (Å²) in [5.41, 5.74) is 5.74. The largest absolute Gasteiger partial charge is 0.478 e. The summed E-state index contributed by atoms with van der Waals surface area (Å²) < 4.78 is 29.5. The smallest absolute Gasteiger partial charge is 0.279 e. The number of furan rings is 1. The molecule has 9 nitrogen and oxygen atoms in total. The maximum atomic E-state index is 13.7. The summed E-state index contributed by atoms with van der Waals surface area (Å²) in [5, 5.41) is 4.25. The van der Waals surface area contributed by atoms with Crippen LogP contribution in [-0.2, 0) is 4.79 Å². The first-order valence-electron chi connectivity index (χ1n) is 9.26. The van der Waals surface area contributed by atoms with E-state index in [0.717, 1.165) is 0 Å². The van der Waals surface area contributed by atoms with Crippen LogP contribution in [0.25, 0.3) is 22.6 Å². The molecular formula is C21H17FN4O5. The normalized spacial score (nSPS) is 11.8. The predicted octanol–water partition coefficient (Wildman–Crippen LogP) is 3.16. The van der Waals surface area contributed by atoms with Crippen molar-refractivity contribution in [2.75, 3.05) is 0 Å². The molecule has 1 atom stereocenters. The van der Waals surface area contributed by atoms with Gasteiger partial charge in [0.1, 0.15) is 5.69 Å². The zero-order chi connectivity index (χ0) is 22.0. The molecule has 10 heteroatoms. The lowest BCUT2D eigenvalue weighted by Crippen LogP contribution is -2.47. The fourth-order valence-corrected chi connectivity index (χ4v) is 2.90. The van der Waals surface area contributed by atoms with Crippen LogP contribution in [0.4, 0.5) is 4.39 Å². The van der Waals surface area contributed by atoms with Gasteiger partial charge in [0.25, 0.3) is 17.5 Å². The van der Waals surface area contributed by atoms with Crippen molar-refractivity contribution >= 4 is 22.9 Å². The molecular weight excluding hydrogens is 407 g/mol. The first kappa shape index (κ1) is 20.1. The number of amides is 2. The number of nitrogens with zero attached hydrogens (tertiary/aromatic N) is 2. The SMILES string of the molecule is Cc1noc2nc(-c3ccco3)cc(C(=O)NNC(=O)C(C)Oc3ccccc3F)c12. The third-order valence-corrected chi connectivity index (χ3v) is 4.44. The predicted molar refractivity (Wildman–Crippen MR) is 106 cm³/mol. The van der Waals surface area contributed by atoms with Gasteiger partial charge in [-0.05, 0) is 44.2 Å². The first-order valence-corrected chi connectivity index (χ1v) is 9.26. The summed E-state index contributed by atoms with van der Waals surface area (Å²) in [7, 11) is 0. The van der Waals surface area contributed by atoms with E-state index in [1.807, 2.05) is 0 Å². The Kier molecular flexibility index (Phi) is 5.35. The third-order valence-electron chi connectivity index (χ3n) is 4.44. The van der Waals surface area contributed by atoms with Gasteiger partial charge < -0.3 is 13.7 Å². The number of hydrogen-bond donors (Lipinski definition) is 2. The Morgan fingerprint density at radius 2 is 1.97 bits per heavy atom. The monoisotopic (exact) mass is 424 g/mol. The third kappa shape index (κ3) is 4.08. The molecule has 2 amide bonds. The van der Waals surface area contributed by atoms with Crippen LogP contribution >= 0.6 is 0 Å². The van der Waals surface area contributed by atoms with Gasteiger partial charge in [-0.2, -0.15) is 0 Å². The molecule has 0 aliphatic heterocycles. The van der Waals surface area contributed by atoms with Crippen LogP contribution in [-0.4, -0.2) is 28.1 Å². The van der Waals surface area contributed by atoms with E-state index >= 15 is 0 Å². The van der Waals surface area contributed by atoms with Gasteiger partial charge in [-0.15, -0.1) is 0 Å². The molecule has 1 unspecified atom stereocenters. The van der Waals surface area contributed by atoms with E-state index in [2.05, 4.69) is 21.0 Å². The minimum atomic E-state index is -1.06. The number of nitrogens with one attached hydrogen (secondary N) is 2. The number of pyridine rings is 1. The Bertz CT molecular complexity index is 1250. The van der Waals surface area contributed by atoms with E-state index in [-0.39, 0.29) is 17.0 Å². The lowest BCUT2D eigenvalue weighted by atomic mass is 10.1. The molecule has 0 aliphatic carbocycles. The fraction of sp³-hybridized carbons (Fsp3) is 0.143. The van der Waals surface area contributed by atoms with Crippen molar-refractivity contribution in [3.63, 3.8) is 0 Å². The van der Waals surface area contributed by atoms with Crippen molar-refractivity contribution in [1.29, 1.82) is 0 Å². The summed E-state index contributed by atoms with van der Waals surface area (Å²) in [4.78, 5) is 29.4. The average molecular weight is 424 g/mol. The van der Waals surface area contributed by atoms with Gasteiger partial charge in [0.2, 0.25) is 0 Å². The number of hydrogen-bond acceptors (Lipinski definition) is 7. The standard InChI is InChI=1S/C21H17FN4O5/c1-11-18-13(10-15(17-8-5-9-29-17)23-21(18)31-26-11)20(28)25-24-19(27)12(2)30-16-7-4-3-6-14(16)22/h3-10,12H,1-2H3,(H,24,27)(H,25,28). The molecule has 0 spiro atoms. The Morgan fingerprint density at radius 3 is 2.71 bits per heavy atom. The van der Waals surface area contributed by atoms with E-state index in [1.54, 1.807) is 25.1 Å². The van der Waals surface area contributed by atoms with Gasteiger partial charge in [-0.1, -0.05) is 17.3 Å². The molecule has 0 radical (unpaired) electrons. The number of para-hydroxylation sites is 1.